The molecule has 1 saturated heterocycles. The third-order valence-corrected chi connectivity index (χ3v) is 5.90. The summed E-state index contributed by atoms with van der Waals surface area (Å²) in [6.07, 6.45) is 1.69. The molecule has 0 N–H and O–H groups in total. The Morgan fingerprint density at radius 1 is 1.10 bits per heavy atom. The Morgan fingerprint density at radius 3 is 2.72 bits per heavy atom. The van der Waals surface area contributed by atoms with E-state index >= 15 is 0 Å². The molecule has 4 aromatic rings. The Bertz CT molecular complexity index is 1220. The number of rotatable bonds is 4. The van der Waals surface area contributed by atoms with E-state index < -0.39 is 0 Å². The molecule has 5 rings (SSSR count). The highest BCUT2D eigenvalue weighted by atomic mass is 32.1. The summed E-state index contributed by atoms with van der Waals surface area (Å²) in [6, 6.07) is 12.1. The topological polar surface area (TPSA) is 54.3 Å². The number of amides is 2. The molecule has 29 heavy (non-hydrogen) atoms. The van der Waals surface area contributed by atoms with Gasteiger partial charge < -0.3 is 4.90 Å². The van der Waals surface area contributed by atoms with Gasteiger partial charge in [0, 0.05) is 23.9 Å². The first-order valence-corrected chi connectivity index (χ1v) is 10.2. The van der Waals surface area contributed by atoms with Crippen LogP contribution in [0.2, 0.25) is 0 Å². The molecule has 0 atom stereocenters. The van der Waals surface area contributed by atoms with E-state index in [2.05, 4.69) is 10.1 Å². The van der Waals surface area contributed by atoms with Gasteiger partial charge in [-0.3, -0.25) is 4.90 Å². The lowest BCUT2D eigenvalue weighted by atomic mass is 10.2. The van der Waals surface area contributed by atoms with E-state index in [1.165, 1.54) is 6.07 Å². The number of nitrogens with zero attached hydrogens (tertiary/aromatic N) is 5. The van der Waals surface area contributed by atoms with Crippen molar-refractivity contribution in [2.45, 2.75) is 13.5 Å². The van der Waals surface area contributed by atoms with Crippen LogP contribution in [0.1, 0.15) is 10.7 Å². The highest BCUT2D eigenvalue weighted by Crippen LogP contribution is 2.31. The number of carbonyl (C=O) groups is 1. The molecule has 2 aromatic heterocycles. The average Bonchev–Trinajstić information content (AvgIpc) is 3.42. The second-order valence-corrected chi connectivity index (χ2v) is 7.99. The fourth-order valence-electron chi connectivity index (χ4n) is 3.72. The van der Waals surface area contributed by atoms with Gasteiger partial charge in [-0.25, -0.2) is 18.9 Å². The van der Waals surface area contributed by atoms with E-state index in [-0.39, 0.29) is 11.8 Å². The van der Waals surface area contributed by atoms with Gasteiger partial charge in [0.2, 0.25) is 0 Å². The zero-order valence-electron chi connectivity index (χ0n) is 15.7. The van der Waals surface area contributed by atoms with Crippen LogP contribution in [0, 0.1) is 12.7 Å². The summed E-state index contributed by atoms with van der Waals surface area (Å²) in [5.74, 6) is -0.343. The van der Waals surface area contributed by atoms with Gasteiger partial charge in [-0.2, -0.15) is 5.10 Å². The van der Waals surface area contributed by atoms with Crippen molar-refractivity contribution < 1.29 is 9.18 Å². The number of urea groups is 1. The monoisotopic (exact) mass is 407 g/mol. The number of carbonyl (C=O) groups excluding carboxylic acids is 1. The van der Waals surface area contributed by atoms with Gasteiger partial charge in [0.1, 0.15) is 11.5 Å². The van der Waals surface area contributed by atoms with Crippen molar-refractivity contribution in [1.82, 2.24) is 19.7 Å². The highest BCUT2D eigenvalue weighted by Gasteiger charge is 2.31. The Morgan fingerprint density at radius 2 is 1.93 bits per heavy atom. The zero-order valence-corrected chi connectivity index (χ0v) is 16.6. The fraction of sp³-hybridized carbons (Fsp3) is 0.190. The van der Waals surface area contributed by atoms with E-state index in [9.17, 15) is 9.18 Å². The Labute approximate surface area is 170 Å². The predicted molar refractivity (Wildman–Crippen MR) is 111 cm³/mol. The van der Waals surface area contributed by atoms with E-state index in [0.717, 1.165) is 27.3 Å². The Balaban J connectivity index is 1.48. The predicted octanol–water partition coefficient (Wildman–Crippen LogP) is 4.37. The molecule has 6 nitrogen and oxygen atoms in total. The number of halogens is 1. The number of hydrogen-bond acceptors (Lipinski definition) is 4. The van der Waals surface area contributed by atoms with Crippen molar-refractivity contribution in [2.24, 2.45) is 0 Å². The number of thiazole rings is 1. The van der Waals surface area contributed by atoms with Crippen molar-refractivity contribution >= 4 is 34.0 Å². The molecule has 3 heterocycles. The number of hydrogen-bond donors (Lipinski definition) is 0. The number of benzene rings is 2. The molecule has 0 aliphatic carbocycles. The van der Waals surface area contributed by atoms with Gasteiger partial charge in [-0.05, 0) is 31.2 Å². The zero-order chi connectivity index (χ0) is 20.0. The highest BCUT2D eigenvalue weighted by molar-refractivity contribution is 7.09. The van der Waals surface area contributed by atoms with E-state index in [1.807, 2.05) is 30.5 Å². The van der Waals surface area contributed by atoms with E-state index in [4.69, 9.17) is 0 Å². The summed E-state index contributed by atoms with van der Waals surface area (Å²) in [6.45, 7) is 3.68. The van der Waals surface area contributed by atoms with E-state index in [0.29, 0.717) is 25.3 Å². The van der Waals surface area contributed by atoms with Gasteiger partial charge in [-0.15, -0.1) is 11.3 Å². The summed E-state index contributed by atoms with van der Waals surface area (Å²) in [7, 11) is 0. The molecule has 0 saturated carbocycles. The first-order chi connectivity index (χ1) is 14.1. The molecule has 1 aliphatic rings. The summed E-state index contributed by atoms with van der Waals surface area (Å²) in [5, 5.41) is 8.19. The molecule has 0 spiro atoms. The van der Waals surface area contributed by atoms with Crippen molar-refractivity contribution in [3.8, 4) is 5.69 Å². The van der Waals surface area contributed by atoms with Crippen LogP contribution in [-0.2, 0) is 6.54 Å². The smallest absolute Gasteiger partial charge is 0.317 e. The standard InChI is InChI=1S/C21H18FN5OS/c1-14-24-15(13-29-14)12-25-9-10-26(21(25)28)18-7-4-8-19-16(18)11-23-27(19)20-6-3-2-5-17(20)22/h2-8,11,13H,9-10,12H2,1H3. The van der Waals surface area contributed by atoms with Crippen molar-refractivity contribution in [2.75, 3.05) is 18.0 Å². The third-order valence-electron chi connectivity index (χ3n) is 5.08. The summed E-state index contributed by atoms with van der Waals surface area (Å²) in [4.78, 5) is 21.0. The van der Waals surface area contributed by atoms with E-state index in [1.54, 1.807) is 50.2 Å². The largest absolute Gasteiger partial charge is 0.324 e. The summed E-state index contributed by atoms with van der Waals surface area (Å²) in [5.41, 5.74) is 2.84. The Hall–Kier alpha value is -3.26. The van der Waals surface area contributed by atoms with Gasteiger partial charge in [0.05, 0.1) is 34.6 Å². The molecule has 2 aromatic carbocycles. The van der Waals surface area contributed by atoms with Crippen molar-refractivity contribution in [3.05, 3.63) is 70.6 Å². The maximum atomic E-state index is 14.3. The first kappa shape index (κ1) is 17.8. The molecule has 1 aliphatic heterocycles. The van der Waals surface area contributed by atoms with Crippen LogP contribution in [0.5, 0.6) is 0 Å². The SMILES string of the molecule is Cc1nc(CN2CCN(c3cccc4c3cnn4-c3ccccc3F)C2=O)cs1. The molecule has 2 amide bonds. The molecule has 8 heteroatoms. The summed E-state index contributed by atoms with van der Waals surface area (Å²) < 4.78 is 15.8. The average molecular weight is 407 g/mol. The minimum Gasteiger partial charge on any atom is -0.317 e. The van der Waals surface area contributed by atoms with Crippen LogP contribution in [0.25, 0.3) is 16.6 Å². The van der Waals surface area contributed by atoms with Crippen LogP contribution in [0.3, 0.4) is 0 Å². The summed E-state index contributed by atoms with van der Waals surface area (Å²) >= 11 is 1.59. The molecular formula is C21H18FN5OS. The lowest BCUT2D eigenvalue weighted by molar-refractivity contribution is 0.218. The van der Waals surface area contributed by atoms with Gasteiger partial charge in [0.15, 0.2) is 0 Å². The van der Waals surface area contributed by atoms with Gasteiger partial charge >= 0.3 is 6.03 Å². The third kappa shape index (κ3) is 3.05. The number of para-hydroxylation sites is 1. The number of aromatic nitrogens is 3. The normalized spacial score (nSPS) is 14.3. The molecule has 0 unspecified atom stereocenters. The number of fused-ring (bicyclic) bond motifs is 1. The second-order valence-electron chi connectivity index (χ2n) is 6.93. The minimum atomic E-state index is -0.343. The van der Waals surface area contributed by atoms with Crippen LogP contribution < -0.4 is 4.90 Å². The molecule has 0 radical (unpaired) electrons. The van der Waals surface area contributed by atoms with Crippen LogP contribution >= 0.6 is 11.3 Å². The maximum Gasteiger partial charge on any atom is 0.324 e. The van der Waals surface area contributed by atoms with Gasteiger partial charge in [0.25, 0.3) is 0 Å². The molecule has 1 fully saturated rings. The first-order valence-electron chi connectivity index (χ1n) is 9.31. The second kappa shape index (κ2) is 6.97. The quantitative estimate of drug-likeness (QED) is 0.505. The maximum absolute atomic E-state index is 14.3. The van der Waals surface area contributed by atoms with Crippen LogP contribution in [0.4, 0.5) is 14.9 Å². The van der Waals surface area contributed by atoms with Crippen LogP contribution in [0.15, 0.2) is 54.0 Å². The molecule has 146 valence electrons. The number of anilines is 1. The van der Waals surface area contributed by atoms with Crippen molar-refractivity contribution in [1.29, 1.82) is 0 Å². The lowest BCUT2D eigenvalue weighted by Gasteiger charge is -2.19. The minimum absolute atomic E-state index is 0.0539. The molecule has 0 bridgehead atoms. The lowest BCUT2D eigenvalue weighted by Crippen LogP contribution is -2.31. The fourth-order valence-corrected chi connectivity index (χ4v) is 4.32. The molecular weight excluding hydrogens is 389 g/mol. The number of aryl methyl sites for hydroxylation is 1. The van der Waals surface area contributed by atoms with Gasteiger partial charge in [-0.1, -0.05) is 18.2 Å². The Kier molecular flexibility index (Phi) is 4.28. The van der Waals surface area contributed by atoms with Crippen molar-refractivity contribution in [3.63, 3.8) is 0 Å². The van der Waals surface area contributed by atoms with Crippen LogP contribution in [-0.4, -0.2) is 38.8 Å².